The lowest BCUT2D eigenvalue weighted by atomic mass is 9.69. The van der Waals surface area contributed by atoms with Crippen molar-refractivity contribution >= 4 is 0 Å². The van der Waals surface area contributed by atoms with E-state index >= 15 is 0 Å². The summed E-state index contributed by atoms with van der Waals surface area (Å²) in [5.74, 6) is 1.36. The van der Waals surface area contributed by atoms with Crippen LogP contribution >= 0.6 is 0 Å². The third-order valence-electron chi connectivity index (χ3n) is 12.8. The van der Waals surface area contributed by atoms with Crippen molar-refractivity contribution in [2.75, 3.05) is 26.2 Å². The Balaban J connectivity index is 2.09. The summed E-state index contributed by atoms with van der Waals surface area (Å²) in [5, 5.41) is 24.9. The van der Waals surface area contributed by atoms with Crippen LogP contribution in [0.25, 0.3) is 0 Å². The molecule has 1 aliphatic rings. The Labute approximate surface area is 347 Å². The van der Waals surface area contributed by atoms with E-state index in [0.717, 1.165) is 87.2 Å². The highest BCUT2D eigenvalue weighted by Gasteiger charge is 2.35. The van der Waals surface area contributed by atoms with Gasteiger partial charge >= 0.3 is 0 Å². The van der Waals surface area contributed by atoms with Crippen LogP contribution < -0.4 is 0 Å². The number of hydrogen-bond donors (Lipinski definition) is 2. The van der Waals surface area contributed by atoms with Crippen molar-refractivity contribution in [1.29, 1.82) is 0 Å². The summed E-state index contributed by atoms with van der Waals surface area (Å²) in [4.78, 5) is 5.27. The minimum atomic E-state index is -0.0341. The molecule has 1 aliphatic carbocycles. The molecule has 0 aliphatic heterocycles. The summed E-state index contributed by atoms with van der Waals surface area (Å²) in [6.45, 7) is 29.1. The standard InChI is InChI=1S/C52H90N2O2/c1-11-15-19-25-31-53(32-26-20-16-12-2)39-41-35-43(51(5,6)7)37-47(49(41)55)45-29-23-24-30-46(45)48-38-44(52(8,9)10)36-42(50(48)56)40-54(33-27-21-17-13-3)34-28-22-18-14-4/h35-38,45-46,55-56H,11-34,39-40H2,1-10H3/t45-,46-/m1/s1. The number of nitrogens with zero attached hydrogens (tertiary/aromatic N) is 2. The average Bonchev–Trinajstić information content (AvgIpc) is 3.15. The normalized spacial score (nSPS) is 16.7. The van der Waals surface area contributed by atoms with E-state index in [-0.39, 0.29) is 22.7 Å². The van der Waals surface area contributed by atoms with Gasteiger partial charge in [-0.1, -0.05) is 183 Å². The lowest BCUT2D eigenvalue weighted by molar-refractivity contribution is 0.248. The minimum absolute atomic E-state index is 0.0341. The van der Waals surface area contributed by atoms with Gasteiger partial charge in [-0.3, -0.25) is 9.80 Å². The van der Waals surface area contributed by atoms with Crippen LogP contribution in [0.4, 0.5) is 0 Å². The molecule has 0 amide bonds. The molecule has 0 heterocycles. The average molecular weight is 775 g/mol. The van der Waals surface area contributed by atoms with Crippen molar-refractivity contribution in [3.05, 3.63) is 57.6 Å². The molecule has 3 rings (SSSR count). The molecule has 2 aromatic rings. The molecule has 2 atom stereocenters. The van der Waals surface area contributed by atoms with Crippen molar-refractivity contribution in [3.8, 4) is 11.5 Å². The summed E-state index contributed by atoms with van der Waals surface area (Å²) in [6.07, 6.45) is 24.6. The zero-order valence-corrected chi connectivity index (χ0v) is 38.6. The molecule has 1 fully saturated rings. The highest BCUT2D eigenvalue weighted by molar-refractivity contribution is 5.52. The van der Waals surface area contributed by atoms with Crippen molar-refractivity contribution < 1.29 is 10.2 Å². The fourth-order valence-corrected chi connectivity index (χ4v) is 9.06. The monoisotopic (exact) mass is 775 g/mol. The molecule has 56 heavy (non-hydrogen) atoms. The SMILES string of the molecule is CCCCCCN(CCCCCC)Cc1cc(C(C)(C)C)cc([C@@H]2CCCC[C@H]2c2cc(C(C)(C)C)cc(CN(CCCCCC)CCCCCC)c2O)c1O. The molecule has 320 valence electrons. The molecule has 0 unspecified atom stereocenters. The molecule has 4 heteroatoms. The van der Waals surface area contributed by atoms with Crippen LogP contribution in [-0.4, -0.2) is 46.2 Å². The smallest absolute Gasteiger partial charge is 0.123 e. The Morgan fingerprint density at radius 3 is 1.04 bits per heavy atom. The summed E-state index contributed by atoms with van der Waals surface area (Å²) < 4.78 is 0. The summed E-state index contributed by atoms with van der Waals surface area (Å²) in [7, 11) is 0. The van der Waals surface area contributed by atoms with Crippen molar-refractivity contribution in [2.45, 2.75) is 233 Å². The maximum Gasteiger partial charge on any atom is 0.123 e. The fraction of sp³-hybridized carbons (Fsp3) is 0.769. The number of rotatable bonds is 26. The van der Waals surface area contributed by atoms with Crippen molar-refractivity contribution in [3.63, 3.8) is 0 Å². The number of phenolic OH excluding ortho intramolecular Hbond substituents is 2. The number of aromatic hydroxyl groups is 2. The molecule has 0 spiro atoms. The quantitative estimate of drug-likeness (QED) is 0.0935. The molecular weight excluding hydrogens is 685 g/mol. The molecule has 1 saturated carbocycles. The Bertz CT molecular complexity index is 1260. The van der Waals surface area contributed by atoms with Crippen LogP contribution in [0, 0.1) is 0 Å². The van der Waals surface area contributed by atoms with Crippen LogP contribution in [0.1, 0.15) is 243 Å². The highest BCUT2D eigenvalue weighted by Crippen LogP contribution is 2.51. The van der Waals surface area contributed by atoms with Crippen LogP contribution in [-0.2, 0) is 23.9 Å². The Morgan fingerprint density at radius 1 is 0.464 bits per heavy atom. The van der Waals surface area contributed by atoms with E-state index in [1.54, 1.807) is 0 Å². The molecule has 4 nitrogen and oxygen atoms in total. The molecule has 0 radical (unpaired) electrons. The van der Waals surface area contributed by atoms with Gasteiger partial charge in [-0.2, -0.15) is 0 Å². The Kier molecular flexibility index (Phi) is 21.4. The van der Waals surface area contributed by atoms with Crippen molar-refractivity contribution in [1.82, 2.24) is 9.80 Å². The van der Waals surface area contributed by atoms with Gasteiger partial charge in [0.05, 0.1) is 0 Å². The fourth-order valence-electron chi connectivity index (χ4n) is 9.06. The lowest BCUT2D eigenvalue weighted by Gasteiger charge is -2.36. The maximum absolute atomic E-state index is 12.4. The zero-order chi connectivity index (χ0) is 41.1. The maximum atomic E-state index is 12.4. The van der Waals surface area contributed by atoms with Gasteiger partial charge < -0.3 is 10.2 Å². The summed E-state index contributed by atoms with van der Waals surface area (Å²) in [6, 6.07) is 9.36. The minimum Gasteiger partial charge on any atom is -0.507 e. The first-order valence-electron chi connectivity index (χ1n) is 23.9. The van der Waals surface area contributed by atoms with E-state index in [4.69, 9.17) is 0 Å². The predicted molar refractivity (Wildman–Crippen MR) is 245 cm³/mol. The molecule has 2 N–H and O–H groups in total. The number of phenols is 2. The Hall–Kier alpha value is -2.04. The predicted octanol–water partition coefficient (Wildman–Crippen LogP) is 15.1. The number of unbranched alkanes of at least 4 members (excludes halogenated alkanes) is 12. The van der Waals surface area contributed by atoms with Crippen LogP contribution in [0.15, 0.2) is 24.3 Å². The third-order valence-corrected chi connectivity index (χ3v) is 12.8. The first-order chi connectivity index (χ1) is 26.7. The number of hydrogen-bond acceptors (Lipinski definition) is 4. The van der Waals surface area contributed by atoms with Gasteiger partial charge in [0.1, 0.15) is 11.5 Å². The second-order valence-electron chi connectivity index (χ2n) is 19.9. The van der Waals surface area contributed by atoms with E-state index in [1.807, 2.05) is 0 Å². The van der Waals surface area contributed by atoms with E-state index in [2.05, 4.69) is 103 Å². The van der Waals surface area contributed by atoms with Gasteiger partial charge in [0, 0.05) is 24.2 Å². The van der Waals surface area contributed by atoms with E-state index < -0.39 is 0 Å². The lowest BCUT2D eigenvalue weighted by Crippen LogP contribution is -2.27. The van der Waals surface area contributed by atoms with Gasteiger partial charge in [-0.25, -0.2) is 0 Å². The molecule has 0 bridgehead atoms. The molecular formula is C52H90N2O2. The van der Waals surface area contributed by atoms with Crippen LogP contribution in [0.2, 0.25) is 0 Å². The van der Waals surface area contributed by atoms with Gasteiger partial charge in [0.25, 0.3) is 0 Å². The second-order valence-corrected chi connectivity index (χ2v) is 19.9. The van der Waals surface area contributed by atoms with E-state index in [1.165, 1.54) is 114 Å². The third kappa shape index (κ3) is 15.6. The molecule has 2 aromatic carbocycles. The van der Waals surface area contributed by atoms with Gasteiger partial charge in [0.15, 0.2) is 0 Å². The number of benzene rings is 2. The summed E-state index contributed by atoms with van der Waals surface area (Å²) in [5.41, 5.74) is 6.99. The molecule has 0 saturated heterocycles. The second kappa shape index (κ2) is 24.8. The Morgan fingerprint density at radius 2 is 0.768 bits per heavy atom. The zero-order valence-electron chi connectivity index (χ0n) is 38.6. The van der Waals surface area contributed by atoms with E-state index in [0.29, 0.717) is 11.5 Å². The summed E-state index contributed by atoms with van der Waals surface area (Å²) >= 11 is 0. The first kappa shape index (κ1) is 48.3. The van der Waals surface area contributed by atoms with Crippen LogP contribution in [0.3, 0.4) is 0 Å². The van der Waals surface area contributed by atoms with Gasteiger partial charge in [0.2, 0.25) is 0 Å². The largest absolute Gasteiger partial charge is 0.507 e. The van der Waals surface area contributed by atoms with Crippen molar-refractivity contribution in [2.24, 2.45) is 0 Å². The van der Waals surface area contributed by atoms with E-state index in [9.17, 15) is 10.2 Å². The topological polar surface area (TPSA) is 46.9 Å². The van der Waals surface area contributed by atoms with Crippen LogP contribution in [0.5, 0.6) is 11.5 Å². The van der Waals surface area contributed by atoms with Gasteiger partial charge in [-0.15, -0.1) is 0 Å². The molecule has 0 aromatic heterocycles. The first-order valence-corrected chi connectivity index (χ1v) is 23.9. The highest BCUT2D eigenvalue weighted by atomic mass is 16.3. The van der Waals surface area contributed by atoms with Gasteiger partial charge in [-0.05, 0) is 110 Å².